The van der Waals surface area contributed by atoms with E-state index in [1.807, 2.05) is 0 Å². The first-order valence-corrected chi connectivity index (χ1v) is 8.53. The maximum absolute atomic E-state index is 10.8. The van der Waals surface area contributed by atoms with Gasteiger partial charge < -0.3 is 5.11 Å². The Morgan fingerprint density at radius 2 is 1.65 bits per heavy atom. The lowest BCUT2D eigenvalue weighted by molar-refractivity contribution is 0.0718. The molecule has 1 saturated carbocycles. The summed E-state index contributed by atoms with van der Waals surface area (Å²) in [7, 11) is 0. The second kappa shape index (κ2) is 7.83. The van der Waals surface area contributed by atoms with Crippen LogP contribution < -0.4 is 0 Å². The molecular weight excluding hydrogens is 244 g/mol. The molecule has 1 aromatic rings. The minimum absolute atomic E-state index is 0.0476. The summed E-state index contributed by atoms with van der Waals surface area (Å²) in [4.78, 5) is 0. The normalized spacial score (nSPS) is 19.1. The lowest BCUT2D eigenvalue weighted by Gasteiger charge is -2.35. The molecule has 1 unspecified atom stereocenters. The third-order valence-electron chi connectivity index (χ3n) is 5.06. The van der Waals surface area contributed by atoms with Gasteiger partial charge in [-0.3, -0.25) is 0 Å². The quantitative estimate of drug-likeness (QED) is 0.644. The van der Waals surface area contributed by atoms with Crippen LogP contribution in [0.3, 0.4) is 0 Å². The lowest BCUT2D eigenvalue weighted by Crippen LogP contribution is -2.37. The average molecular weight is 274 g/mol. The summed E-state index contributed by atoms with van der Waals surface area (Å²) in [5.41, 5.74) is 1.41. The van der Waals surface area contributed by atoms with Crippen LogP contribution in [-0.4, -0.2) is 11.2 Å². The Hall–Kier alpha value is -0.820. The van der Waals surface area contributed by atoms with Gasteiger partial charge >= 0.3 is 0 Å². The van der Waals surface area contributed by atoms with Crippen molar-refractivity contribution in [1.82, 2.24) is 0 Å². The molecule has 0 aliphatic heterocycles. The molecule has 1 nitrogen and oxygen atoms in total. The van der Waals surface area contributed by atoms with E-state index in [0.29, 0.717) is 0 Å². The van der Waals surface area contributed by atoms with Gasteiger partial charge in [0, 0.05) is 5.41 Å². The summed E-state index contributed by atoms with van der Waals surface area (Å²) in [6, 6.07) is 10.7. The van der Waals surface area contributed by atoms with Crippen molar-refractivity contribution in [2.45, 2.75) is 82.7 Å². The number of aliphatic hydroxyl groups excluding tert-OH is 1. The summed E-state index contributed by atoms with van der Waals surface area (Å²) in [6.45, 7) is 2.25. The van der Waals surface area contributed by atoms with Crippen LogP contribution in [0.4, 0.5) is 0 Å². The third-order valence-corrected chi connectivity index (χ3v) is 5.06. The van der Waals surface area contributed by atoms with Gasteiger partial charge in [-0.2, -0.15) is 0 Å². The van der Waals surface area contributed by atoms with E-state index in [1.54, 1.807) is 0 Å². The highest BCUT2D eigenvalue weighted by Gasteiger charge is 2.41. The van der Waals surface area contributed by atoms with Gasteiger partial charge in [0.05, 0.1) is 6.10 Å². The molecule has 0 aromatic heterocycles. The Kier molecular flexibility index (Phi) is 6.09. The minimum atomic E-state index is -0.158. The highest BCUT2D eigenvalue weighted by atomic mass is 16.3. The van der Waals surface area contributed by atoms with E-state index in [1.165, 1.54) is 50.5 Å². The number of hydrogen-bond acceptors (Lipinski definition) is 1. The summed E-state index contributed by atoms with van der Waals surface area (Å²) >= 11 is 0. The van der Waals surface area contributed by atoms with Crippen LogP contribution in [0.1, 0.15) is 76.7 Å². The van der Waals surface area contributed by atoms with E-state index in [-0.39, 0.29) is 11.5 Å². The maximum Gasteiger partial charge on any atom is 0.0636 e. The van der Waals surface area contributed by atoms with Gasteiger partial charge in [-0.05, 0) is 24.8 Å². The second-order valence-electron chi connectivity index (χ2n) is 6.45. The molecule has 0 saturated heterocycles. The van der Waals surface area contributed by atoms with Crippen molar-refractivity contribution >= 4 is 0 Å². The predicted molar refractivity (Wildman–Crippen MR) is 86.0 cm³/mol. The van der Waals surface area contributed by atoms with Crippen molar-refractivity contribution in [3.05, 3.63) is 35.9 Å². The van der Waals surface area contributed by atoms with Gasteiger partial charge in [0.1, 0.15) is 0 Å². The smallest absolute Gasteiger partial charge is 0.0636 e. The topological polar surface area (TPSA) is 20.2 Å². The fourth-order valence-electron chi connectivity index (χ4n) is 3.81. The minimum Gasteiger partial charge on any atom is -0.392 e. The molecule has 0 amide bonds. The molecule has 0 radical (unpaired) electrons. The van der Waals surface area contributed by atoms with Crippen molar-refractivity contribution in [1.29, 1.82) is 0 Å². The zero-order valence-corrected chi connectivity index (χ0v) is 13.0. The molecule has 1 aromatic carbocycles. The van der Waals surface area contributed by atoms with E-state index in [0.717, 1.165) is 19.3 Å². The molecule has 1 aliphatic carbocycles. The number of benzene rings is 1. The highest BCUT2D eigenvalue weighted by molar-refractivity contribution is 5.28. The first kappa shape index (κ1) is 15.6. The summed E-state index contributed by atoms with van der Waals surface area (Å²) in [5.74, 6) is 0. The largest absolute Gasteiger partial charge is 0.392 e. The first-order chi connectivity index (χ1) is 9.79. The van der Waals surface area contributed by atoms with Crippen LogP contribution >= 0.6 is 0 Å². The molecule has 1 fully saturated rings. The monoisotopic (exact) mass is 274 g/mol. The van der Waals surface area contributed by atoms with Gasteiger partial charge in [-0.25, -0.2) is 0 Å². The zero-order valence-electron chi connectivity index (χ0n) is 13.0. The summed E-state index contributed by atoms with van der Waals surface area (Å²) in [6.07, 6.45) is 12.1. The van der Waals surface area contributed by atoms with Crippen LogP contribution in [0.25, 0.3) is 0 Å². The van der Waals surface area contributed by atoms with Crippen molar-refractivity contribution in [2.24, 2.45) is 0 Å². The molecule has 0 spiro atoms. The molecule has 20 heavy (non-hydrogen) atoms. The fourth-order valence-corrected chi connectivity index (χ4v) is 3.81. The van der Waals surface area contributed by atoms with Gasteiger partial charge in [0.2, 0.25) is 0 Å². The van der Waals surface area contributed by atoms with Gasteiger partial charge in [-0.15, -0.1) is 0 Å². The predicted octanol–water partition coefficient (Wildman–Crippen LogP) is 5.22. The molecular formula is C19H30O. The molecule has 112 valence electrons. The van der Waals surface area contributed by atoms with Crippen molar-refractivity contribution in [3.63, 3.8) is 0 Å². The Balaban J connectivity index is 1.94. The van der Waals surface area contributed by atoms with Gasteiger partial charge in [-0.1, -0.05) is 82.2 Å². The van der Waals surface area contributed by atoms with Crippen molar-refractivity contribution in [3.8, 4) is 0 Å². The van der Waals surface area contributed by atoms with Crippen LogP contribution in [-0.2, 0) is 5.41 Å². The number of rotatable bonds is 8. The zero-order chi connectivity index (χ0) is 14.3. The van der Waals surface area contributed by atoms with Crippen molar-refractivity contribution < 1.29 is 5.11 Å². The number of aliphatic hydroxyl groups is 1. The van der Waals surface area contributed by atoms with Crippen molar-refractivity contribution in [2.75, 3.05) is 0 Å². The van der Waals surface area contributed by atoms with Crippen LogP contribution in [0.15, 0.2) is 30.3 Å². The Morgan fingerprint density at radius 3 is 2.30 bits per heavy atom. The van der Waals surface area contributed by atoms with Crippen LogP contribution in [0.5, 0.6) is 0 Å². The standard InChI is InChI=1S/C19H30O/c1-2-3-4-5-9-14-18(20)19(15-10-11-16-19)17-12-7-6-8-13-17/h6-8,12-13,18,20H,2-5,9-11,14-16H2,1H3. The van der Waals surface area contributed by atoms with E-state index in [2.05, 4.69) is 37.3 Å². The number of hydrogen-bond donors (Lipinski definition) is 1. The maximum atomic E-state index is 10.8. The second-order valence-corrected chi connectivity index (χ2v) is 6.45. The highest BCUT2D eigenvalue weighted by Crippen LogP contribution is 2.45. The van der Waals surface area contributed by atoms with E-state index in [4.69, 9.17) is 0 Å². The van der Waals surface area contributed by atoms with E-state index in [9.17, 15) is 5.11 Å². The van der Waals surface area contributed by atoms with Gasteiger partial charge in [0.25, 0.3) is 0 Å². The molecule has 1 atom stereocenters. The Bertz CT molecular complexity index is 365. The van der Waals surface area contributed by atoms with E-state index < -0.39 is 0 Å². The Morgan fingerprint density at radius 1 is 1.00 bits per heavy atom. The third kappa shape index (κ3) is 3.63. The molecule has 1 heteroatoms. The van der Waals surface area contributed by atoms with Gasteiger partial charge in [0.15, 0.2) is 0 Å². The SMILES string of the molecule is CCCCCCCC(O)C1(c2ccccc2)CCCC1. The fraction of sp³-hybridized carbons (Fsp3) is 0.684. The Labute approximate surface area is 124 Å². The number of unbranched alkanes of at least 4 members (excludes halogenated alkanes) is 4. The van der Waals surface area contributed by atoms with Crippen LogP contribution in [0, 0.1) is 0 Å². The summed E-state index contributed by atoms with van der Waals surface area (Å²) < 4.78 is 0. The molecule has 0 heterocycles. The summed E-state index contributed by atoms with van der Waals surface area (Å²) in [5, 5.41) is 10.8. The van der Waals surface area contributed by atoms with E-state index >= 15 is 0 Å². The average Bonchev–Trinajstić information content (AvgIpc) is 2.99. The molecule has 2 rings (SSSR count). The van der Waals surface area contributed by atoms with Crippen LogP contribution in [0.2, 0.25) is 0 Å². The molecule has 0 bridgehead atoms. The molecule has 1 aliphatic rings. The molecule has 1 N–H and O–H groups in total. The lowest BCUT2D eigenvalue weighted by atomic mass is 9.72. The first-order valence-electron chi connectivity index (χ1n) is 8.53.